The van der Waals surface area contributed by atoms with Gasteiger partial charge in [0.05, 0.1) is 11.0 Å². The van der Waals surface area contributed by atoms with Crippen molar-refractivity contribution in [3.05, 3.63) is 200 Å². The van der Waals surface area contributed by atoms with Crippen molar-refractivity contribution in [1.29, 1.82) is 0 Å². The van der Waals surface area contributed by atoms with Crippen LogP contribution in [0.5, 0.6) is 0 Å². The first-order chi connectivity index (χ1) is 30.7. The smallest absolute Gasteiger partial charge is 0.164 e. The molecule has 0 fully saturated rings. The molecule has 0 radical (unpaired) electrons. The summed E-state index contributed by atoms with van der Waals surface area (Å²) in [5, 5.41) is 4.19. The lowest BCUT2D eigenvalue weighted by atomic mass is 10.0. The van der Waals surface area contributed by atoms with Gasteiger partial charge in [0.2, 0.25) is 0 Å². The second kappa shape index (κ2) is 14.6. The summed E-state index contributed by atoms with van der Waals surface area (Å²) in [4.78, 5) is 30.3. The number of para-hydroxylation sites is 2. The molecule has 8 nitrogen and oxygen atoms in total. The van der Waals surface area contributed by atoms with Crippen molar-refractivity contribution in [2.45, 2.75) is 0 Å². The Labute approximate surface area is 355 Å². The normalized spacial score (nSPS) is 11.5. The fourth-order valence-electron chi connectivity index (χ4n) is 8.40. The summed E-state index contributed by atoms with van der Waals surface area (Å²) in [6.07, 6.45) is 0. The number of hydrogen-bond donors (Lipinski definition) is 0. The van der Waals surface area contributed by atoms with Crippen molar-refractivity contribution >= 4 is 43.7 Å². The minimum Gasteiger partial charge on any atom is -0.456 e. The highest BCUT2D eigenvalue weighted by Crippen LogP contribution is 2.39. The van der Waals surface area contributed by atoms with Gasteiger partial charge in [-0.05, 0) is 42.5 Å². The summed E-state index contributed by atoms with van der Waals surface area (Å²) in [6.45, 7) is 0. The molecule has 0 atom stereocenters. The SMILES string of the molecule is c1ccc(-c2nc(-c3ccc4c(c3)oc3cccc(-c5nc(-c6ccccc6)nc(-c6ccccc6)n5)c34)nc(-c3ccc4c5ccccc5n(-c5ccccc5)c4c3)n2)cc1. The molecule has 4 aromatic heterocycles. The first kappa shape index (κ1) is 35.3. The van der Waals surface area contributed by atoms with Gasteiger partial charge in [-0.15, -0.1) is 0 Å². The second-order valence-corrected chi connectivity index (χ2v) is 15.1. The zero-order chi connectivity index (χ0) is 41.0. The van der Waals surface area contributed by atoms with E-state index in [1.54, 1.807) is 0 Å². The van der Waals surface area contributed by atoms with Gasteiger partial charge in [0.25, 0.3) is 0 Å². The molecule has 0 aliphatic carbocycles. The molecule has 0 N–H and O–H groups in total. The first-order valence-electron chi connectivity index (χ1n) is 20.5. The maximum atomic E-state index is 6.62. The van der Waals surface area contributed by atoms with E-state index in [9.17, 15) is 0 Å². The van der Waals surface area contributed by atoms with Crippen LogP contribution in [0.25, 0.3) is 118 Å². The quantitative estimate of drug-likeness (QED) is 0.158. The Kier molecular flexibility index (Phi) is 8.31. The van der Waals surface area contributed by atoms with Gasteiger partial charge in [0, 0.05) is 60.6 Å². The Hall–Kier alpha value is -8.62. The van der Waals surface area contributed by atoms with Crippen LogP contribution in [-0.4, -0.2) is 34.5 Å². The van der Waals surface area contributed by atoms with Gasteiger partial charge < -0.3 is 8.98 Å². The van der Waals surface area contributed by atoms with E-state index < -0.39 is 0 Å². The number of aromatic nitrogens is 7. The predicted octanol–water partition coefficient (Wildman–Crippen LogP) is 13.1. The summed E-state index contributed by atoms with van der Waals surface area (Å²) >= 11 is 0. The third-order valence-electron chi connectivity index (χ3n) is 11.3. The molecule has 12 aromatic rings. The molecule has 0 saturated heterocycles. The highest BCUT2D eigenvalue weighted by atomic mass is 16.3. The van der Waals surface area contributed by atoms with Crippen molar-refractivity contribution in [3.8, 4) is 74.0 Å². The molecular formula is C54H33N7O. The van der Waals surface area contributed by atoms with E-state index in [2.05, 4.69) is 83.4 Å². The minimum atomic E-state index is 0.539. The van der Waals surface area contributed by atoms with Gasteiger partial charge in [0.1, 0.15) is 11.2 Å². The first-order valence-corrected chi connectivity index (χ1v) is 20.5. The van der Waals surface area contributed by atoms with Crippen molar-refractivity contribution in [2.75, 3.05) is 0 Å². The molecule has 62 heavy (non-hydrogen) atoms. The monoisotopic (exact) mass is 795 g/mol. The van der Waals surface area contributed by atoms with E-state index in [1.807, 2.05) is 121 Å². The predicted molar refractivity (Wildman–Crippen MR) is 247 cm³/mol. The van der Waals surface area contributed by atoms with Crippen LogP contribution in [0.3, 0.4) is 0 Å². The Balaban J connectivity index is 1.01. The Morgan fingerprint density at radius 2 is 0.774 bits per heavy atom. The molecule has 0 bridgehead atoms. The zero-order valence-electron chi connectivity index (χ0n) is 33.1. The van der Waals surface area contributed by atoms with Gasteiger partial charge in [-0.1, -0.05) is 158 Å². The third kappa shape index (κ3) is 6.09. The molecular weight excluding hydrogens is 763 g/mol. The highest BCUT2D eigenvalue weighted by Gasteiger charge is 2.20. The summed E-state index contributed by atoms with van der Waals surface area (Å²) in [7, 11) is 0. The fourth-order valence-corrected chi connectivity index (χ4v) is 8.40. The van der Waals surface area contributed by atoms with Gasteiger partial charge in [-0.2, -0.15) is 0 Å². The molecule has 8 aromatic carbocycles. The van der Waals surface area contributed by atoms with Gasteiger partial charge in [-0.25, -0.2) is 29.9 Å². The van der Waals surface area contributed by atoms with E-state index in [-0.39, 0.29) is 0 Å². The maximum absolute atomic E-state index is 6.62. The summed E-state index contributed by atoms with van der Waals surface area (Å²) in [6, 6.07) is 67.6. The van der Waals surface area contributed by atoms with Crippen LogP contribution in [-0.2, 0) is 0 Å². The molecule has 4 heterocycles. The number of hydrogen-bond acceptors (Lipinski definition) is 7. The molecule has 12 rings (SSSR count). The molecule has 0 saturated carbocycles. The Bertz CT molecular complexity index is 3570. The molecule has 8 heteroatoms. The lowest BCUT2D eigenvalue weighted by Gasteiger charge is -2.10. The number of benzene rings is 8. The van der Waals surface area contributed by atoms with E-state index in [0.29, 0.717) is 40.5 Å². The standard InChI is InChI=1S/C54H33N7O/c1-5-16-34(17-6-1)49-56-52(37-28-30-41-40-24-13-14-26-44(40)61(45(41)32-37)39-22-11-4-12-23-39)58-53(57-49)38-29-31-42-47(33-38)62-46-27-15-25-43(48(42)46)54-59-50(35-18-7-2-8-19-35)55-51(60-54)36-20-9-3-10-21-36/h1-33H. The zero-order valence-corrected chi connectivity index (χ0v) is 33.1. The van der Waals surface area contributed by atoms with E-state index in [1.165, 1.54) is 5.39 Å². The molecule has 0 aliphatic heterocycles. The third-order valence-corrected chi connectivity index (χ3v) is 11.3. The molecule has 290 valence electrons. The van der Waals surface area contributed by atoms with E-state index in [0.717, 1.165) is 71.8 Å². The molecule has 0 amide bonds. The number of furan rings is 1. The fraction of sp³-hybridized carbons (Fsp3) is 0. The number of fused-ring (bicyclic) bond motifs is 6. The molecule has 0 aliphatic rings. The van der Waals surface area contributed by atoms with E-state index in [4.69, 9.17) is 34.3 Å². The minimum absolute atomic E-state index is 0.539. The molecule has 0 spiro atoms. The lowest BCUT2D eigenvalue weighted by Crippen LogP contribution is -2.00. The van der Waals surface area contributed by atoms with Crippen molar-refractivity contribution in [1.82, 2.24) is 34.5 Å². The summed E-state index contributed by atoms with van der Waals surface area (Å²) in [5.41, 5.74) is 9.97. The van der Waals surface area contributed by atoms with Crippen LogP contribution in [0.1, 0.15) is 0 Å². The van der Waals surface area contributed by atoms with Crippen LogP contribution in [0.15, 0.2) is 205 Å². The van der Waals surface area contributed by atoms with Crippen LogP contribution >= 0.6 is 0 Å². The second-order valence-electron chi connectivity index (χ2n) is 15.1. The number of nitrogens with zero attached hydrogens (tertiary/aromatic N) is 7. The van der Waals surface area contributed by atoms with Crippen molar-refractivity contribution in [2.24, 2.45) is 0 Å². The van der Waals surface area contributed by atoms with E-state index >= 15 is 0 Å². The van der Waals surface area contributed by atoms with Crippen LogP contribution in [0, 0.1) is 0 Å². The van der Waals surface area contributed by atoms with Crippen LogP contribution in [0.2, 0.25) is 0 Å². The van der Waals surface area contributed by atoms with Crippen LogP contribution in [0.4, 0.5) is 0 Å². The van der Waals surface area contributed by atoms with Crippen molar-refractivity contribution < 1.29 is 4.42 Å². The lowest BCUT2D eigenvalue weighted by molar-refractivity contribution is 0.669. The largest absolute Gasteiger partial charge is 0.456 e. The van der Waals surface area contributed by atoms with Gasteiger partial charge in [0.15, 0.2) is 34.9 Å². The highest BCUT2D eigenvalue weighted by molar-refractivity contribution is 6.13. The van der Waals surface area contributed by atoms with Gasteiger partial charge >= 0.3 is 0 Å². The Morgan fingerprint density at radius 3 is 1.37 bits per heavy atom. The number of rotatable bonds is 7. The van der Waals surface area contributed by atoms with Gasteiger partial charge in [-0.3, -0.25) is 0 Å². The maximum Gasteiger partial charge on any atom is 0.164 e. The average Bonchev–Trinajstić information content (AvgIpc) is 3.90. The average molecular weight is 796 g/mol. The molecule has 0 unspecified atom stereocenters. The van der Waals surface area contributed by atoms with Crippen molar-refractivity contribution in [3.63, 3.8) is 0 Å². The van der Waals surface area contributed by atoms with Crippen LogP contribution < -0.4 is 0 Å². The Morgan fingerprint density at radius 1 is 0.306 bits per heavy atom. The summed E-state index contributed by atoms with van der Waals surface area (Å²) in [5.74, 6) is 3.46. The summed E-state index contributed by atoms with van der Waals surface area (Å²) < 4.78 is 8.93. The topological polar surface area (TPSA) is 95.4 Å².